The Kier molecular flexibility index (Phi) is 4.59. The molecule has 0 atom stereocenters. The van der Waals surface area contributed by atoms with E-state index in [1.165, 1.54) is 8.92 Å². The van der Waals surface area contributed by atoms with Gasteiger partial charge in [0.15, 0.2) is 0 Å². The summed E-state index contributed by atoms with van der Waals surface area (Å²) in [4.78, 5) is 6.77. The first-order valence-electron chi connectivity index (χ1n) is 5.11. The summed E-state index contributed by atoms with van der Waals surface area (Å²) in [6.07, 6.45) is 0. The Bertz CT molecular complexity index is 547. The Morgan fingerprint density at radius 3 is 1.22 bits per heavy atom. The van der Waals surface area contributed by atoms with Crippen molar-refractivity contribution >= 4 is 46.6 Å². The van der Waals surface area contributed by atoms with Gasteiger partial charge in [-0.3, -0.25) is 0 Å². The van der Waals surface area contributed by atoms with Crippen LogP contribution in [0.1, 0.15) is 0 Å². The van der Waals surface area contributed by atoms with Gasteiger partial charge in [0, 0.05) is 0 Å². The van der Waals surface area contributed by atoms with Crippen LogP contribution in [0.4, 0.5) is 11.4 Å². The van der Waals surface area contributed by atoms with Gasteiger partial charge in [-0.2, -0.15) is 0 Å². The van der Waals surface area contributed by atoms with Crippen molar-refractivity contribution in [1.82, 2.24) is 0 Å². The molecular formula is C14H8N2Se2. The van der Waals surface area contributed by atoms with Crippen LogP contribution in [0.2, 0.25) is 0 Å². The Labute approximate surface area is 118 Å². The fourth-order valence-electron chi connectivity index (χ4n) is 1.25. The number of hydrogen-bond donors (Lipinski definition) is 0. The van der Waals surface area contributed by atoms with Gasteiger partial charge >= 0.3 is 118 Å². The minimum absolute atomic E-state index is 0.438. The molecule has 86 valence electrons. The molecule has 0 heterocycles. The van der Waals surface area contributed by atoms with E-state index in [0.717, 1.165) is 0 Å². The molecule has 0 N–H and O–H groups in total. The van der Waals surface area contributed by atoms with Crippen molar-refractivity contribution in [2.45, 2.75) is 0 Å². The molecule has 2 rings (SSSR count). The van der Waals surface area contributed by atoms with Crippen LogP contribution in [0.25, 0.3) is 9.69 Å². The van der Waals surface area contributed by atoms with Crippen molar-refractivity contribution in [2.24, 2.45) is 0 Å². The SMILES string of the molecule is [C-]#[N+]c1ccc([Se][Se]c2ccc([N+]#[C-])cc2)cc1. The van der Waals surface area contributed by atoms with Gasteiger partial charge < -0.3 is 0 Å². The molecule has 0 aliphatic heterocycles. The summed E-state index contributed by atoms with van der Waals surface area (Å²) in [7, 11) is 0. The van der Waals surface area contributed by atoms with Crippen molar-refractivity contribution in [1.29, 1.82) is 0 Å². The average molecular weight is 362 g/mol. The van der Waals surface area contributed by atoms with Gasteiger partial charge in [-0.05, 0) is 0 Å². The molecule has 18 heavy (non-hydrogen) atoms. The van der Waals surface area contributed by atoms with E-state index in [0.29, 0.717) is 37.6 Å². The molecule has 0 fully saturated rings. The van der Waals surface area contributed by atoms with Crippen LogP contribution in [0.3, 0.4) is 0 Å². The number of hydrogen-bond acceptors (Lipinski definition) is 0. The molecule has 2 aromatic rings. The normalized spacial score (nSPS) is 9.44. The molecule has 2 aromatic carbocycles. The van der Waals surface area contributed by atoms with Crippen LogP contribution >= 0.6 is 0 Å². The monoisotopic (exact) mass is 364 g/mol. The van der Waals surface area contributed by atoms with Gasteiger partial charge in [-0.15, -0.1) is 0 Å². The van der Waals surface area contributed by atoms with Gasteiger partial charge in [0.25, 0.3) is 0 Å². The fraction of sp³-hybridized carbons (Fsp3) is 0. The molecule has 4 heteroatoms. The van der Waals surface area contributed by atoms with Crippen LogP contribution in [0, 0.1) is 13.1 Å². The number of benzene rings is 2. The minimum atomic E-state index is 0.438. The molecule has 0 radical (unpaired) electrons. The summed E-state index contributed by atoms with van der Waals surface area (Å²) < 4.78 is 2.65. The third-order valence-corrected chi connectivity index (χ3v) is 9.39. The summed E-state index contributed by atoms with van der Waals surface area (Å²) in [6.45, 7) is 13.8. The van der Waals surface area contributed by atoms with Gasteiger partial charge in [-0.25, -0.2) is 0 Å². The molecule has 0 spiro atoms. The quantitative estimate of drug-likeness (QED) is 0.584. The van der Waals surface area contributed by atoms with E-state index in [-0.39, 0.29) is 0 Å². The summed E-state index contributed by atoms with van der Waals surface area (Å²) >= 11 is 0.875. The van der Waals surface area contributed by atoms with Crippen molar-refractivity contribution in [3.05, 3.63) is 71.4 Å². The molecular weight excluding hydrogens is 354 g/mol. The molecule has 0 aromatic heterocycles. The Balaban J connectivity index is 1.98. The second-order valence-electron chi connectivity index (χ2n) is 3.38. The van der Waals surface area contributed by atoms with E-state index in [9.17, 15) is 0 Å². The predicted octanol–water partition coefficient (Wildman–Crippen LogP) is 2.06. The van der Waals surface area contributed by atoms with Gasteiger partial charge in [-0.1, -0.05) is 0 Å². The van der Waals surface area contributed by atoms with E-state index in [1.54, 1.807) is 0 Å². The zero-order valence-corrected chi connectivity index (χ0v) is 12.8. The van der Waals surface area contributed by atoms with Crippen LogP contribution < -0.4 is 8.92 Å². The first kappa shape index (κ1) is 12.9. The van der Waals surface area contributed by atoms with E-state index in [1.807, 2.05) is 48.5 Å². The number of nitrogens with zero attached hydrogens (tertiary/aromatic N) is 2. The molecule has 0 aliphatic carbocycles. The Morgan fingerprint density at radius 1 is 0.611 bits per heavy atom. The number of rotatable bonds is 3. The summed E-state index contributed by atoms with van der Waals surface area (Å²) in [5.41, 5.74) is 1.40. The third kappa shape index (κ3) is 3.47. The van der Waals surface area contributed by atoms with Crippen LogP contribution in [-0.4, -0.2) is 26.3 Å². The van der Waals surface area contributed by atoms with E-state index < -0.39 is 0 Å². The van der Waals surface area contributed by atoms with Gasteiger partial charge in [0.2, 0.25) is 0 Å². The third-order valence-electron chi connectivity index (χ3n) is 2.17. The molecule has 0 saturated carbocycles. The first-order valence-corrected chi connectivity index (χ1v) is 11.2. The summed E-state index contributed by atoms with van der Waals surface area (Å²) in [5.74, 6) is 0. The fourth-order valence-corrected chi connectivity index (χ4v) is 7.21. The Morgan fingerprint density at radius 2 is 0.944 bits per heavy atom. The maximum atomic E-state index is 6.90. The van der Waals surface area contributed by atoms with Crippen LogP contribution in [0.15, 0.2) is 48.5 Å². The zero-order valence-electron chi connectivity index (χ0n) is 9.33. The van der Waals surface area contributed by atoms with E-state index >= 15 is 0 Å². The first-order chi connectivity index (χ1) is 8.81. The topological polar surface area (TPSA) is 8.72 Å². The molecule has 0 unspecified atom stereocenters. The molecule has 0 bridgehead atoms. The van der Waals surface area contributed by atoms with E-state index in [4.69, 9.17) is 13.1 Å². The van der Waals surface area contributed by atoms with Crippen molar-refractivity contribution in [2.75, 3.05) is 0 Å². The average Bonchev–Trinajstić information content (AvgIpc) is 2.46. The standard InChI is InChI=1S/C14H8N2Se2/c1-15-11-3-7-13(8-4-11)17-18-14-9-5-12(16-2)6-10-14/h3-10H. The predicted molar refractivity (Wildman–Crippen MR) is 76.2 cm³/mol. The molecule has 2 nitrogen and oxygen atoms in total. The second kappa shape index (κ2) is 6.41. The van der Waals surface area contributed by atoms with Crippen LogP contribution in [-0.2, 0) is 0 Å². The van der Waals surface area contributed by atoms with Crippen LogP contribution in [0.5, 0.6) is 0 Å². The molecule has 0 saturated heterocycles. The van der Waals surface area contributed by atoms with E-state index in [2.05, 4.69) is 9.69 Å². The molecule has 0 aliphatic rings. The summed E-state index contributed by atoms with van der Waals surface area (Å²) in [5, 5.41) is 0. The van der Waals surface area contributed by atoms with Crippen molar-refractivity contribution in [3.63, 3.8) is 0 Å². The van der Waals surface area contributed by atoms with Gasteiger partial charge in [0.05, 0.1) is 0 Å². The van der Waals surface area contributed by atoms with Crippen molar-refractivity contribution in [3.8, 4) is 0 Å². The molecule has 0 amide bonds. The maximum absolute atomic E-state index is 6.90. The Hall–Kier alpha value is -1.54. The summed E-state index contributed by atoms with van der Waals surface area (Å²) in [6, 6.07) is 15.7. The second-order valence-corrected chi connectivity index (χ2v) is 9.69. The van der Waals surface area contributed by atoms with Gasteiger partial charge in [0.1, 0.15) is 0 Å². The van der Waals surface area contributed by atoms with Crippen molar-refractivity contribution < 1.29 is 0 Å². The zero-order chi connectivity index (χ0) is 12.8.